The Bertz CT molecular complexity index is 571. The Kier molecular flexibility index (Phi) is 3.57. The van der Waals surface area contributed by atoms with Crippen molar-refractivity contribution in [3.63, 3.8) is 0 Å². The molecule has 4 nitrogen and oxygen atoms in total. The van der Waals surface area contributed by atoms with E-state index in [0.29, 0.717) is 17.0 Å². The van der Waals surface area contributed by atoms with Crippen molar-refractivity contribution >= 4 is 11.6 Å². The van der Waals surface area contributed by atoms with Gasteiger partial charge in [0.2, 0.25) is 0 Å². The molecule has 0 aliphatic carbocycles. The van der Waals surface area contributed by atoms with E-state index in [4.69, 9.17) is 4.42 Å². The van der Waals surface area contributed by atoms with Crippen molar-refractivity contribution in [3.05, 3.63) is 59.5 Å². The third-order valence-electron chi connectivity index (χ3n) is 2.59. The number of hydrogen-bond acceptors (Lipinski definition) is 3. The number of furan rings is 1. The van der Waals surface area contributed by atoms with Crippen molar-refractivity contribution in [2.75, 3.05) is 0 Å². The molecule has 4 heteroatoms. The maximum atomic E-state index is 11.9. The molecule has 0 atom stereocenters. The maximum absolute atomic E-state index is 11.9. The average Bonchev–Trinajstić information content (AvgIpc) is 2.90. The van der Waals surface area contributed by atoms with Crippen molar-refractivity contribution in [1.82, 2.24) is 5.43 Å². The standard InChI is InChI=1S/C14H14N2O2/c1-10-6-3-4-7-12(10)14(17)16-15-11(2)13-8-5-9-18-13/h3-9H,1-2H3,(H,16,17)/b15-11+. The van der Waals surface area contributed by atoms with Gasteiger partial charge in [-0.1, -0.05) is 18.2 Å². The lowest BCUT2D eigenvalue weighted by Crippen LogP contribution is -2.20. The molecular weight excluding hydrogens is 228 g/mol. The Hall–Kier alpha value is -2.36. The minimum Gasteiger partial charge on any atom is -0.463 e. The van der Waals surface area contributed by atoms with Crippen LogP contribution in [-0.2, 0) is 0 Å². The molecule has 0 fully saturated rings. The molecule has 1 N–H and O–H groups in total. The van der Waals surface area contributed by atoms with E-state index in [9.17, 15) is 4.79 Å². The summed E-state index contributed by atoms with van der Waals surface area (Å²) in [6.45, 7) is 3.66. The minimum absolute atomic E-state index is 0.223. The largest absolute Gasteiger partial charge is 0.463 e. The van der Waals surface area contributed by atoms with Crippen LogP contribution in [0.25, 0.3) is 0 Å². The first kappa shape index (κ1) is 12.1. The zero-order chi connectivity index (χ0) is 13.0. The molecule has 1 aromatic carbocycles. The number of carbonyl (C=O) groups is 1. The van der Waals surface area contributed by atoms with Crippen LogP contribution in [0.4, 0.5) is 0 Å². The minimum atomic E-state index is -0.223. The predicted octanol–water partition coefficient (Wildman–Crippen LogP) is 2.74. The fourth-order valence-corrected chi connectivity index (χ4v) is 1.56. The quantitative estimate of drug-likeness (QED) is 0.664. The molecule has 1 aromatic heterocycles. The second-order valence-corrected chi connectivity index (χ2v) is 3.93. The highest BCUT2D eigenvalue weighted by atomic mass is 16.3. The highest BCUT2D eigenvalue weighted by Crippen LogP contribution is 2.07. The number of hydrazone groups is 1. The summed E-state index contributed by atoms with van der Waals surface area (Å²) in [5.41, 5.74) is 4.68. The fourth-order valence-electron chi connectivity index (χ4n) is 1.56. The first-order valence-corrected chi connectivity index (χ1v) is 5.62. The van der Waals surface area contributed by atoms with E-state index >= 15 is 0 Å². The van der Waals surface area contributed by atoms with Crippen LogP contribution in [-0.4, -0.2) is 11.6 Å². The predicted molar refractivity (Wildman–Crippen MR) is 69.6 cm³/mol. The van der Waals surface area contributed by atoms with E-state index in [1.807, 2.05) is 25.1 Å². The molecule has 0 saturated heterocycles. The number of nitrogens with zero attached hydrogens (tertiary/aromatic N) is 1. The van der Waals surface area contributed by atoms with Crippen LogP contribution < -0.4 is 5.43 Å². The van der Waals surface area contributed by atoms with Gasteiger partial charge in [0.1, 0.15) is 11.5 Å². The normalized spacial score (nSPS) is 11.3. The molecule has 92 valence electrons. The second-order valence-electron chi connectivity index (χ2n) is 3.93. The molecule has 1 amide bonds. The van der Waals surface area contributed by atoms with Gasteiger partial charge in [-0.2, -0.15) is 5.10 Å². The van der Waals surface area contributed by atoms with Crippen LogP contribution in [0.3, 0.4) is 0 Å². The maximum Gasteiger partial charge on any atom is 0.271 e. The summed E-state index contributed by atoms with van der Waals surface area (Å²) < 4.78 is 5.17. The summed E-state index contributed by atoms with van der Waals surface area (Å²) in [6, 6.07) is 10.9. The van der Waals surface area contributed by atoms with Crippen LogP contribution in [0.5, 0.6) is 0 Å². The molecule has 0 radical (unpaired) electrons. The number of rotatable bonds is 3. The van der Waals surface area contributed by atoms with Gasteiger partial charge in [0.05, 0.1) is 6.26 Å². The molecule has 18 heavy (non-hydrogen) atoms. The average molecular weight is 242 g/mol. The molecular formula is C14H14N2O2. The topological polar surface area (TPSA) is 54.6 Å². The van der Waals surface area contributed by atoms with Crippen LogP contribution >= 0.6 is 0 Å². The third-order valence-corrected chi connectivity index (χ3v) is 2.59. The molecule has 0 aliphatic heterocycles. The van der Waals surface area contributed by atoms with E-state index in [2.05, 4.69) is 10.5 Å². The Morgan fingerprint density at radius 3 is 2.67 bits per heavy atom. The fraction of sp³-hybridized carbons (Fsp3) is 0.143. The smallest absolute Gasteiger partial charge is 0.271 e. The summed E-state index contributed by atoms with van der Waals surface area (Å²) in [4.78, 5) is 11.9. The van der Waals surface area contributed by atoms with Crippen LogP contribution in [0, 0.1) is 6.92 Å². The molecule has 0 aliphatic rings. The Balaban J connectivity index is 2.09. The summed E-state index contributed by atoms with van der Waals surface area (Å²) >= 11 is 0. The molecule has 1 heterocycles. The highest BCUT2D eigenvalue weighted by molar-refractivity contribution is 5.99. The van der Waals surface area contributed by atoms with E-state index in [1.165, 1.54) is 0 Å². The van der Waals surface area contributed by atoms with Gasteiger partial charge in [0.15, 0.2) is 0 Å². The highest BCUT2D eigenvalue weighted by Gasteiger charge is 2.07. The van der Waals surface area contributed by atoms with Crippen LogP contribution in [0.15, 0.2) is 52.2 Å². The summed E-state index contributed by atoms with van der Waals surface area (Å²) in [5.74, 6) is 0.416. The van der Waals surface area contributed by atoms with Gasteiger partial charge in [-0.3, -0.25) is 4.79 Å². The lowest BCUT2D eigenvalue weighted by molar-refractivity contribution is 0.0954. The van der Waals surface area contributed by atoms with E-state index < -0.39 is 0 Å². The van der Waals surface area contributed by atoms with Gasteiger partial charge >= 0.3 is 0 Å². The Morgan fingerprint density at radius 2 is 2.00 bits per heavy atom. The van der Waals surface area contributed by atoms with E-state index in [-0.39, 0.29) is 5.91 Å². The second kappa shape index (κ2) is 5.31. The van der Waals surface area contributed by atoms with Crippen molar-refractivity contribution in [3.8, 4) is 0 Å². The van der Waals surface area contributed by atoms with Gasteiger partial charge in [-0.05, 0) is 37.6 Å². The molecule has 2 aromatic rings. The number of aryl methyl sites for hydroxylation is 1. The summed E-state index contributed by atoms with van der Waals surface area (Å²) in [7, 11) is 0. The monoisotopic (exact) mass is 242 g/mol. The van der Waals surface area contributed by atoms with Gasteiger partial charge in [-0.25, -0.2) is 5.43 Å². The first-order chi connectivity index (χ1) is 8.68. The van der Waals surface area contributed by atoms with Gasteiger partial charge < -0.3 is 4.42 Å². The molecule has 0 spiro atoms. The number of amides is 1. The number of carbonyl (C=O) groups excluding carboxylic acids is 1. The lowest BCUT2D eigenvalue weighted by atomic mass is 10.1. The number of nitrogens with one attached hydrogen (secondary N) is 1. The van der Waals surface area contributed by atoms with Gasteiger partial charge in [0.25, 0.3) is 5.91 Å². The first-order valence-electron chi connectivity index (χ1n) is 5.62. The van der Waals surface area contributed by atoms with Crippen molar-refractivity contribution < 1.29 is 9.21 Å². The number of hydrogen-bond donors (Lipinski definition) is 1. The van der Waals surface area contributed by atoms with E-state index in [0.717, 1.165) is 5.56 Å². The molecule has 0 unspecified atom stereocenters. The zero-order valence-corrected chi connectivity index (χ0v) is 10.3. The Labute approximate surface area is 105 Å². The van der Waals surface area contributed by atoms with Crippen molar-refractivity contribution in [2.24, 2.45) is 5.10 Å². The zero-order valence-electron chi connectivity index (χ0n) is 10.3. The van der Waals surface area contributed by atoms with Crippen LogP contribution in [0.1, 0.15) is 28.6 Å². The summed E-state index contributed by atoms with van der Waals surface area (Å²) in [6.07, 6.45) is 1.57. The van der Waals surface area contributed by atoms with Gasteiger partial charge in [0, 0.05) is 5.56 Å². The third kappa shape index (κ3) is 2.66. The Morgan fingerprint density at radius 1 is 1.22 bits per heavy atom. The summed E-state index contributed by atoms with van der Waals surface area (Å²) in [5, 5.41) is 4.01. The van der Waals surface area contributed by atoms with Crippen molar-refractivity contribution in [1.29, 1.82) is 0 Å². The van der Waals surface area contributed by atoms with Crippen molar-refractivity contribution in [2.45, 2.75) is 13.8 Å². The molecule has 2 rings (SSSR count). The molecule has 0 saturated carbocycles. The molecule has 0 bridgehead atoms. The number of benzene rings is 1. The van der Waals surface area contributed by atoms with E-state index in [1.54, 1.807) is 31.4 Å². The van der Waals surface area contributed by atoms with Crippen LogP contribution in [0.2, 0.25) is 0 Å². The van der Waals surface area contributed by atoms with Gasteiger partial charge in [-0.15, -0.1) is 0 Å². The lowest BCUT2D eigenvalue weighted by Gasteiger charge is -2.03. The SMILES string of the molecule is C/C(=N\NC(=O)c1ccccc1C)c1ccco1.